The summed E-state index contributed by atoms with van der Waals surface area (Å²) in [5.74, 6) is 0.105. The first-order valence-electron chi connectivity index (χ1n) is 7.93. The van der Waals surface area contributed by atoms with Gasteiger partial charge in [-0.1, -0.05) is 11.8 Å². The molecule has 3 rings (SSSR count). The van der Waals surface area contributed by atoms with Gasteiger partial charge in [0, 0.05) is 22.6 Å². The van der Waals surface area contributed by atoms with Crippen LogP contribution in [-0.4, -0.2) is 31.7 Å². The fourth-order valence-corrected chi connectivity index (χ4v) is 2.98. The number of hydrogen-bond acceptors (Lipinski definition) is 5. The quantitative estimate of drug-likeness (QED) is 0.683. The van der Waals surface area contributed by atoms with Crippen molar-refractivity contribution in [3.05, 3.63) is 46.8 Å². The van der Waals surface area contributed by atoms with Crippen LogP contribution in [0.5, 0.6) is 0 Å². The van der Waals surface area contributed by atoms with Crippen LogP contribution in [0.4, 0.5) is 18.9 Å². The predicted octanol–water partition coefficient (Wildman–Crippen LogP) is 3.66. The standard InChI is InChI=1S/C17H16F3N5OS/c1-9-13(10(2)25-15(21-9)23-16(24-25)27-3)8-14(26)22-12-6-4-11(5-7-12)17(18,19)20/h4-7H,8H2,1-3H3,(H,22,26). The maximum absolute atomic E-state index is 12.6. The highest BCUT2D eigenvalue weighted by molar-refractivity contribution is 7.98. The van der Waals surface area contributed by atoms with Gasteiger partial charge in [0.2, 0.25) is 11.1 Å². The second-order valence-electron chi connectivity index (χ2n) is 5.87. The van der Waals surface area contributed by atoms with Crippen LogP contribution in [0.25, 0.3) is 5.78 Å². The van der Waals surface area contributed by atoms with Crippen LogP contribution in [0.2, 0.25) is 0 Å². The zero-order valence-corrected chi connectivity index (χ0v) is 15.6. The summed E-state index contributed by atoms with van der Waals surface area (Å²) in [6.45, 7) is 3.60. The van der Waals surface area contributed by atoms with Crippen molar-refractivity contribution in [3.63, 3.8) is 0 Å². The molecule has 0 aliphatic rings. The fourth-order valence-electron chi connectivity index (χ4n) is 2.64. The molecule has 10 heteroatoms. The normalized spacial score (nSPS) is 11.8. The van der Waals surface area contributed by atoms with E-state index >= 15 is 0 Å². The van der Waals surface area contributed by atoms with Gasteiger partial charge < -0.3 is 5.32 Å². The number of aryl methyl sites for hydroxylation is 2. The smallest absolute Gasteiger partial charge is 0.326 e. The maximum Gasteiger partial charge on any atom is 0.416 e. The number of carbonyl (C=O) groups excluding carboxylic acids is 1. The molecule has 3 aromatic rings. The minimum absolute atomic E-state index is 0.0239. The van der Waals surface area contributed by atoms with E-state index in [0.29, 0.717) is 27.9 Å². The number of fused-ring (bicyclic) bond motifs is 1. The maximum atomic E-state index is 12.6. The largest absolute Gasteiger partial charge is 0.416 e. The molecule has 1 N–H and O–H groups in total. The summed E-state index contributed by atoms with van der Waals surface area (Å²) in [4.78, 5) is 21.0. The third kappa shape index (κ3) is 4.05. The summed E-state index contributed by atoms with van der Waals surface area (Å²) in [5, 5.41) is 7.51. The van der Waals surface area contributed by atoms with E-state index < -0.39 is 11.7 Å². The van der Waals surface area contributed by atoms with Crippen molar-refractivity contribution in [1.82, 2.24) is 19.6 Å². The third-order valence-corrected chi connectivity index (χ3v) is 4.58. The van der Waals surface area contributed by atoms with E-state index in [-0.39, 0.29) is 12.3 Å². The number of aromatic nitrogens is 4. The molecule has 0 saturated carbocycles. The summed E-state index contributed by atoms with van der Waals surface area (Å²) in [7, 11) is 0. The Morgan fingerprint density at radius 3 is 2.44 bits per heavy atom. The number of rotatable bonds is 4. The number of nitrogens with zero attached hydrogens (tertiary/aromatic N) is 4. The Labute approximate surface area is 157 Å². The summed E-state index contributed by atoms with van der Waals surface area (Å²) in [6.07, 6.45) is -2.53. The minimum Gasteiger partial charge on any atom is -0.326 e. The molecule has 142 valence electrons. The summed E-state index contributed by atoms with van der Waals surface area (Å²) in [5.41, 5.74) is 1.63. The van der Waals surface area contributed by atoms with E-state index in [1.54, 1.807) is 11.4 Å². The molecule has 0 aliphatic heterocycles. The molecule has 2 heterocycles. The summed E-state index contributed by atoms with van der Waals surface area (Å²) in [6, 6.07) is 4.31. The Bertz CT molecular complexity index is 998. The number of hydrogen-bond donors (Lipinski definition) is 1. The third-order valence-electron chi connectivity index (χ3n) is 4.05. The van der Waals surface area contributed by atoms with Crippen LogP contribution in [0.1, 0.15) is 22.5 Å². The second-order valence-corrected chi connectivity index (χ2v) is 6.64. The lowest BCUT2D eigenvalue weighted by Crippen LogP contribution is -2.18. The van der Waals surface area contributed by atoms with E-state index in [4.69, 9.17) is 0 Å². The lowest BCUT2D eigenvalue weighted by molar-refractivity contribution is -0.137. The number of benzene rings is 1. The number of nitrogens with one attached hydrogen (secondary N) is 1. The molecule has 0 unspecified atom stereocenters. The van der Waals surface area contributed by atoms with Crippen molar-refractivity contribution < 1.29 is 18.0 Å². The Morgan fingerprint density at radius 2 is 1.85 bits per heavy atom. The lowest BCUT2D eigenvalue weighted by Gasteiger charge is -2.11. The monoisotopic (exact) mass is 395 g/mol. The van der Waals surface area contributed by atoms with Crippen LogP contribution < -0.4 is 5.32 Å². The zero-order valence-electron chi connectivity index (χ0n) is 14.8. The van der Waals surface area contributed by atoms with Crippen LogP contribution in [0, 0.1) is 13.8 Å². The molecule has 0 spiro atoms. The van der Waals surface area contributed by atoms with E-state index in [1.807, 2.05) is 13.2 Å². The number of carbonyl (C=O) groups is 1. The molecular formula is C17H16F3N5OS. The van der Waals surface area contributed by atoms with Gasteiger partial charge in [-0.25, -0.2) is 9.50 Å². The molecule has 0 radical (unpaired) electrons. The summed E-state index contributed by atoms with van der Waals surface area (Å²) < 4.78 is 39.4. The molecule has 1 amide bonds. The van der Waals surface area contributed by atoms with Crippen molar-refractivity contribution in [2.45, 2.75) is 31.6 Å². The average molecular weight is 395 g/mol. The van der Waals surface area contributed by atoms with Gasteiger partial charge in [0.25, 0.3) is 5.78 Å². The molecule has 0 bridgehead atoms. The molecule has 6 nitrogen and oxygen atoms in total. The predicted molar refractivity (Wildman–Crippen MR) is 95.8 cm³/mol. The highest BCUT2D eigenvalue weighted by atomic mass is 32.2. The van der Waals surface area contributed by atoms with Crippen molar-refractivity contribution in [2.24, 2.45) is 0 Å². The molecule has 0 saturated heterocycles. The van der Waals surface area contributed by atoms with Crippen LogP contribution in [-0.2, 0) is 17.4 Å². The van der Waals surface area contributed by atoms with E-state index in [9.17, 15) is 18.0 Å². The van der Waals surface area contributed by atoms with Gasteiger partial charge in [-0.15, -0.1) is 5.10 Å². The lowest BCUT2D eigenvalue weighted by atomic mass is 10.1. The first-order chi connectivity index (χ1) is 12.7. The van der Waals surface area contributed by atoms with Gasteiger partial charge in [0.15, 0.2) is 0 Å². The first kappa shape index (κ1) is 19.2. The number of thioether (sulfide) groups is 1. The van der Waals surface area contributed by atoms with Crippen LogP contribution >= 0.6 is 11.8 Å². The number of anilines is 1. The molecule has 27 heavy (non-hydrogen) atoms. The van der Waals surface area contributed by atoms with Gasteiger partial charge in [-0.2, -0.15) is 18.2 Å². The highest BCUT2D eigenvalue weighted by Gasteiger charge is 2.30. The molecule has 0 fully saturated rings. The van der Waals surface area contributed by atoms with Crippen molar-refractivity contribution in [1.29, 1.82) is 0 Å². The second kappa shape index (κ2) is 7.18. The fraction of sp³-hybridized carbons (Fsp3) is 0.294. The molecule has 0 atom stereocenters. The Balaban J connectivity index is 1.79. The van der Waals surface area contributed by atoms with Gasteiger partial charge in [0.05, 0.1) is 12.0 Å². The first-order valence-corrected chi connectivity index (χ1v) is 9.15. The van der Waals surface area contributed by atoms with Crippen molar-refractivity contribution in [3.8, 4) is 0 Å². The molecule has 0 aliphatic carbocycles. The SMILES string of the molecule is CSc1nc2nc(C)c(CC(=O)Nc3ccc(C(F)(F)F)cc3)c(C)n2n1. The summed E-state index contributed by atoms with van der Waals surface area (Å²) >= 11 is 1.39. The van der Waals surface area contributed by atoms with Gasteiger partial charge in [-0.05, 0) is 44.4 Å². The Morgan fingerprint density at radius 1 is 1.19 bits per heavy atom. The van der Waals surface area contributed by atoms with Crippen molar-refractivity contribution >= 4 is 29.1 Å². The van der Waals surface area contributed by atoms with Crippen LogP contribution in [0.15, 0.2) is 29.4 Å². The minimum atomic E-state index is -4.41. The molecular weight excluding hydrogens is 379 g/mol. The zero-order chi connectivity index (χ0) is 19.8. The average Bonchev–Trinajstić information content (AvgIpc) is 3.01. The number of halogens is 3. The topological polar surface area (TPSA) is 72.2 Å². The van der Waals surface area contributed by atoms with Gasteiger partial charge in [0.1, 0.15) is 0 Å². The van der Waals surface area contributed by atoms with E-state index in [1.165, 1.54) is 23.9 Å². The van der Waals surface area contributed by atoms with Gasteiger partial charge in [-0.3, -0.25) is 4.79 Å². The molecule has 1 aromatic carbocycles. The molecule has 2 aromatic heterocycles. The Hall–Kier alpha value is -2.62. The van der Waals surface area contributed by atoms with Gasteiger partial charge >= 0.3 is 6.18 Å². The number of amides is 1. The van der Waals surface area contributed by atoms with Crippen molar-refractivity contribution in [2.75, 3.05) is 11.6 Å². The van der Waals surface area contributed by atoms with E-state index in [0.717, 1.165) is 17.8 Å². The van der Waals surface area contributed by atoms with E-state index in [2.05, 4.69) is 20.4 Å². The number of alkyl halides is 3. The van der Waals surface area contributed by atoms with Crippen LogP contribution in [0.3, 0.4) is 0 Å². The Kier molecular flexibility index (Phi) is 5.09. The highest BCUT2D eigenvalue weighted by Crippen LogP contribution is 2.29.